The lowest BCUT2D eigenvalue weighted by molar-refractivity contribution is 0.0994. The van der Waals surface area contributed by atoms with Gasteiger partial charge in [0.2, 0.25) is 0 Å². The Kier molecular flexibility index (Phi) is 3.03. The van der Waals surface area contributed by atoms with E-state index in [2.05, 4.69) is 6.58 Å². The number of amides is 1. The van der Waals surface area contributed by atoms with Crippen molar-refractivity contribution in [2.45, 2.75) is 6.04 Å². The van der Waals surface area contributed by atoms with E-state index in [9.17, 15) is 4.79 Å². The third-order valence-electron chi connectivity index (χ3n) is 3.56. The maximum Gasteiger partial charge on any atom is 0.259 e. The van der Waals surface area contributed by atoms with Gasteiger partial charge in [0.1, 0.15) is 5.75 Å². The maximum atomic E-state index is 12.6. The lowest BCUT2D eigenvalue weighted by Crippen LogP contribution is -2.26. The Morgan fingerprint density at radius 2 is 1.95 bits per heavy atom. The van der Waals surface area contributed by atoms with Crippen LogP contribution in [-0.4, -0.2) is 13.0 Å². The standard InChI is InChI=1S/C17H15NO2/c1-3-16-15-11-13(20-2)9-10-14(15)17(19)18(16)12-7-5-4-6-8-12/h3-11,16H,1H2,2H3. The van der Waals surface area contributed by atoms with E-state index in [0.29, 0.717) is 5.56 Å². The fraction of sp³-hybridized carbons (Fsp3) is 0.118. The minimum Gasteiger partial charge on any atom is -0.497 e. The molecule has 3 heteroatoms. The van der Waals surface area contributed by atoms with Gasteiger partial charge in [-0.2, -0.15) is 0 Å². The zero-order valence-corrected chi connectivity index (χ0v) is 11.2. The van der Waals surface area contributed by atoms with Gasteiger partial charge in [-0.25, -0.2) is 0 Å². The minimum atomic E-state index is -0.157. The predicted octanol–water partition coefficient (Wildman–Crippen LogP) is 3.58. The van der Waals surface area contributed by atoms with Gasteiger partial charge < -0.3 is 4.74 Å². The molecule has 1 aliphatic rings. The Hall–Kier alpha value is -2.55. The molecule has 0 fully saturated rings. The molecule has 2 aromatic rings. The molecule has 0 saturated carbocycles. The quantitative estimate of drug-likeness (QED) is 0.794. The predicted molar refractivity (Wildman–Crippen MR) is 79.2 cm³/mol. The first-order chi connectivity index (χ1) is 9.76. The van der Waals surface area contributed by atoms with Gasteiger partial charge in [-0.3, -0.25) is 9.69 Å². The summed E-state index contributed by atoms with van der Waals surface area (Å²) >= 11 is 0. The summed E-state index contributed by atoms with van der Waals surface area (Å²) < 4.78 is 5.24. The highest BCUT2D eigenvalue weighted by atomic mass is 16.5. The van der Waals surface area contributed by atoms with Crippen LogP contribution >= 0.6 is 0 Å². The van der Waals surface area contributed by atoms with Crippen LogP contribution in [0, 0.1) is 0 Å². The lowest BCUT2D eigenvalue weighted by Gasteiger charge is -2.22. The van der Waals surface area contributed by atoms with E-state index in [4.69, 9.17) is 4.74 Å². The van der Waals surface area contributed by atoms with Crippen molar-refractivity contribution in [2.75, 3.05) is 12.0 Å². The van der Waals surface area contributed by atoms with Gasteiger partial charge in [0.25, 0.3) is 5.91 Å². The van der Waals surface area contributed by atoms with E-state index in [1.165, 1.54) is 0 Å². The van der Waals surface area contributed by atoms with Crippen molar-refractivity contribution in [1.29, 1.82) is 0 Å². The molecule has 0 bridgehead atoms. The second-order valence-electron chi connectivity index (χ2n) is 4.64. The zero-order valence-electron chi connectivity index (χ0n) is 11.2. The number of methoxy groups -OCH3 is 1. The van der Waals surface area contributed by atoms with Crippen LogP contribution in [-0.2, 0) is 0 Å². The van der Waals surface area contributed by atoms with Crippen molar-refractivity contribution < 1.29 is 9.53 Å². The second-order valence-corrected chi connectivity index (χ2v) is 4.64. The summed E-state index contributed by atoms with van der Waals surface area (Å²) in [5.74, 6) is 0.747. The van der Waals surface area contributed by atoms with Crippen molar-refractivity contribution in [3.8, 4) is 5.75 Å². The van der Waals surface area contributed by atoms with Crippen molar-refractivity contribution >= 4 is 11.6 Å². The van der Waals surface area contributed by atoms with E-state index in [0.717, 1.165) is 17.0 Å². The number of nitrogens with zero attached hydrogens (tertiary/aromatic N) is 1. The molecule has 0 radical (unpaired) electrons. The van der Waals surface area contributed by atoms with Gasteiger partial charge in [-0.15, -0.1) is 6.58 Å². The van der Waals surface area contributed by atoms with E-state index in [-0.39, 0.29) is 11.9 Å². The molecule has 0 saturated heterocycles. The molecule has 1 amide bonds. The molecule has 0 spiro atoms. The number of benzene rings is 2. The SMILES string of the molecule is C=CC1c2cc(OC)ccc2C(=O)N1c1ccccc1. The molecule has 0 N–H and O–H groups in total. The minimum absolute atomic E-state index is 0.00115. The molecule has 3 rings (SSSR count). The van der Waals surface area contributed by atoms with Crippen LogP contribution in [0.3, 0.4) is 0 Å². The Morgan fingerprint density at radius 1 is 1.20 bits per heavy atom. The summed E-state index contributed by atoms with van der Waals surface area (Å²) in [6.45, 7) is 3.87. The number of para-hydroxylation sites is 1. The Morgan fingerprint density at radius 3 is 2.60 bits per heavy atom. The van der Waals surface area contributed by atoms with Gasteiger partial charge in [0.15, 0.2) is 0 Å². The maximum absolute atomic E-state index is 12.6. The average molecular weight is 265 g/mol. The number of ether oxygens (including phenoxy) is 1. The van der Waals surface area contributed by atoms with Crippen LogP contribution in [0.1, 0.15) is 22.0 Å². The van der Waals surface area contributed by atoms with Gasteiger partial charge in [0.05, 0.1) is 13.2 Å². The summed E-state index contributed by atoms with van der Waals surface area (Å²) in [6.07, 6.45) is 1.79. The summed E-state index contributed by atoms with van der Waals surface area (Å²) in [5.41, 5.74) is 2.52. The van der Waals surface area contributed by atoms with Gasteiger partial charge in [-0.05, 0) is 35.9 Å². The van der Waals surface area contributed by atoms with Crippen molar-refractivity contribution in [1.82, 2.24) is 0 Å². The number of anilines is 1. The fourth-order valence-corrected chi connectivity index (χ4v) is 2.60. The number of hydrogen-bond acceptors (Lipinski definition) is 2. The second kappa shape index (κ2) is 4.85. The van der Waals surface area contributed by atoms with Crippen molar-refractivity contribution in [2.24, 2.45) is 0 Å². The molecule has 1 heterocycles. The highest BCUT2D eigenvalue weighted by Gasteiger charge is 2.36. The van der Waals surface area contributed by atoms with Crippen LogP contribution in [0.15, 0.2) is 61.2 Å². The molecule has 1 aliphatic heterocycles. The van der Waals surface area contributed by atoms with E-state index < -0.39 is 0 Å². The smallest absolute Gasteiger partial charge is 0.259 e. The molecule has 3 nitrogen and oxygen atoms in total. The first-order valence-corrected chi connectivity index (χ1v) is 6.45. The molecule has 0 aliphatic carbocycles. The number of carbonyl (C=O) groups is 1. The molecule has 100 valence electrons. The summed E-state index contributed by atoms with van der Waals surface area (Å²) in [6, 6.07) is 15.0. The fourth-order valence-electron chi connectivity index (χ4n) is 2.60. The van der Waals surface area contributed by atoms with E-state index in [1.54, 1.807) is 18.1 Å². The van der Waals surface area contributed by atoms with E-state index in [1.807, 2.05) is 48.5 Å². The van der Waals surface area contributed by atoms with Crippen LogP contribution < -0.4 is 9.64 Å². The largest absolute Gasteiger partial charge is 0.497 e. The molecule has 1 unspecified atom stereocenters. The van der Waals surface area contributed by atoms with Crippen LogP contribution in [0.25, 0.3) is 0 Å². The van der Waals surface area contributed by atoms with Gasteiger partial charge in [-0.1, -0.05) is 24.3 Å². The third kappa shape index (κ3) is 1.79. The number of fused-ring (bicyclic) bond motifs is 1. The molecule has 20 heavy (non-hydrogen) atoms. The van der Waals surface area contributed by atoms with Crippen molar-refractivity contribution in [3.63, 3.8) is 0 Å². The number of rotatable bonds is 3. The Balaban J connectivity index is 2.12. The molecule has 0 aromatic heterocycles. The third-order valence-corrected chi connectivity index (χ3v) is 3.56. The molecule has 1 atom stereocenters. The van der Waals surface area contributed by atoms with E-state index >= 15 is 0 Å². The molecular formula is C17H15NO2. The topological polar surface area (TPSA) is 29.5 Å². The Labute approximate surface area is 118 Å². The molecular weight excluding hydrogens is 250 g/mol. The number of hydrogen-bond donors (Lipinski definition) is 0. The monoisotopic (exact) mass is 265 g/mol. The highest BCUT2D eigenvalue weighted by molar-refractivity contribution is 6.11. The van der Waals surface area contributed by atoms with Crippen molar-refractivity contribution in [3.05, 3.63) is 72.3 Å². The van der Waals surface area contributed by atoms with Gasteiger partial charge in [0, 0.05) is 11.3 Å². The zero-order chi connectivity index (χ0) is 14.1. The average Bonchev–Trinajstić information content (AvgIpc) is 2.79. The first-order valence-electron chi connectivity index (χ1n) is 6.45. The van der Waals surface area contributed by atoms with Crippen LogP contribution in [0.5, 0.6) is 5.75 Å². The summed E-state index contributed by atoms with van der Waals surface area (Å²) in [7, 11) is 1.62. The molecule has 2 aromatic carbocycles. The normalized spacial score (nSPS) is 16.9. The lowest BCUT2D eigenvalue weighted by atomic mass is 10.0. The van der Waals surface area contributed by atoms with Gasteiger partial charge >= 0.3 is 0 Å². The highest BCUT2D eigenvalue weighted by Crippen LogP contribution is 2.39. The first kappa shape index (κ1) is 12.5. The van der Waals surface area contributed by atoms with Crippen LogP contribution in [0.4, 0.5) is 5.69 Å². The van der Waals surface area contributed by atoms with Crippen LogP contribution in [0.2, 0.25) is 0 Å². The summed E-state index contributed by atoms with van der Waals surface area (Å²) in [5, 5.41) is 0. The summed E-state index contributed by atoms with van der Waals surface area (Å²) in [4.78, 5) is 14.4. The Bertz CT molecular complexity index is 664. The number of carbonyl (C=O) groups excluding carboxylic acids is 1.